The quantitative estimate of drug-likeness (QED) is 0.727. The van der Waals surface area contributed by atoms with Crippen molar-refractivity contribution >= 4 is 28.7 Å². The van der Waals surface area contributed by atoms with Crippen LogP contribution in [0.5, 0.6) is 5.75 Å². The van der Waals surface area contributed by atoms with Crippen molar-refractivity contribution in [3.63, 3.8) is 0 Å². The molecule has 0 amide bonds. The Kier molecular flexibility index (Phi) is 4.45. The van der Waals surface area contributed by atoms with Crippen LogP contribution in [0.4, 0.5) is 5.82 Å². The number of fused-ring (bicyclic) bond motifs is 1. The summed E-state index contributed by atoms with van der Waals surface area (Å²) >= 11 is 1.34. The molecule has 1 aliphatic rings. The highest BCUT2D eigenvalue weighted by Gasteiger charge is 2.33. The number of aromatic nitrogens is 2. The van der Waals surface area contributed by atoms with Crippen LogP contribution < -0.4 is 5.73 Å². The van der Waals surface area contributed by atoms with E-state index in [2.05, 4.69) is 10.1 Å². The zero-order valence-electron chi connectivity index (χ0n) is 14.7. The van der Waals surface area contributed by atoms with Gasteiger partial charge in [-0.25, -0.2) is 4.99 Å². The molecule has 0 aliphatic carbocycles. The highest BCUT2D eigenvalue weighted by Crippen LogP contribution is 2.47. The summed E-state index contributed by atoms with van der Waals surface area (Å²) in [6.07, 6.45) is 0.220. The number of aryl methyl sites for hydroxylation is 1. The molecular weight excluding hydrogens is 360 g/mol. The average molecular weight is 378 g/mol. The lowest BCUT2D eigenvalue weighted by Gasteiger charge is -2.22. The largest absolute Gasteiger partial charge is 0.508 e. The monoisotopic (exact) mass is 378 g/mol. The number of aliphatic imine (C=N–C) groups is 1. The zero-order chi connectivity index (χ0) is 19.0. The molecular formula is C20H18N4O2S. The summed E-state index contributed by atoms with van der Waals surface area (Å²) in [6, 6.07) is 16.6. The lowest BCUT2D eigenvalue weighted by Crippen LogP contribution is -2.18. The number of nitrogens with zero attached hydrogens (tertiary/aromatic N) is 3. The summed E-state index contributed by atoms with van der Waals surface area (Å²) in [5.74, 6) is 0.446. The van der Waals surface area contributed by atoms with Gasteiger partial charge in [-0.05, 0) is 18.6 Å². The third-order valence-electron chi connectivity index (χ3n) is 4.45. The maximum atomic E-state index is 12.9. The van der Waals surface area contributed by atoms with Crippen LogP contribution in [-0.2, 0) is 6.42 Å². The normalized spacial score (nSPS) is 15.9. The Morgan fingerprint density at radius 1 is 1.19 bits per heavy atom. The molecule has 1 atom stereocenters. The molecule has 1 aliphatic heterocycles. The van der Waals surface area contributed by atoms with Gasteiger partial charge in [-0.2, -0.15) is 9.78 Å². The van der Waals surface area contributed by atoms with Gasteiger partial charge in [-0.15, -0.1) is 0 Å². The lowest BCUT2D eigenvalue weighted by atomic mass is 10.0. The van der Waals surface area contributed by atoms with Crippen LogP contribution in [0.1, 0.15) is 32.4 Å². The summed E-state index contributed by atoms with van der Waals surface area (Å²) < 4.78 is 1.33. The Morgan fingerprint density at radius 3 is 2.63 bits per heavy atom. The standard InChI is InChI=1S/C20H18N4O2S/c1-12-17-18(14-9-5-6-10-15(14)25)27-20(21)22-19(17)24(23-12)16(26)11-13-7-3-2-4-8-13/h2-10,18,25H,11H2,1H3,(H2,21,22). The molecule has 1 unspecified atom stereocenters. The van der Waals surface area contributed by atoms with Gasteiger partial charge in [-0.3, -0.25) is 4.79 Å². The molecule has 27 heavy (non-hydrogen) atoms. The Bertz CT molecular complexity index is 1040. The molecule has 0 fully saturated rings. The van der Waals surface area contributed by atoms with Crippen LogP contribution in [-0.4, -0.2) is 26.0 Å². The SMILES string of the molecule is Cc1nn(C(=O)Cc2ccccc2)c2c1C(c1ccccc1O)SC(N)=N2. The van der Waals surface area contributed by atoms with E-state index in [1.54, 1.807) is 12.1 Å². The fourth-order valence-corrected chi connectivity index (χ4v) is 4.30. The fourth-order valence-electron chi connectivity index (χ4n) is 3.20. The number of hydrogen-bond acceptors (Lipinski definition) is 6. The summed E-state index contributed by atoms with van der Waals surface area (Å²) in [5, 5.41) is 14.8. The number of phenolic OH excluding ortho intramolecular Hbond substituents is 1. The predicted molar refractivity (Wildman–Crippen MR) is 107 cm³/mol. The molecule has 0 bridgehead atoms. The number of aromatic hydroxyl groups is 1. The maximum absolute atomic E-state index is 12.9. The number of phenols is 1. The van der Waals surface area contributed by atoms with Crippen LogP contribution in [0.15, 0.2) is 59.6 Å². The molecule has 1 aromatic heterocycles. The molecule has 2 heterocycles. The molecule has 0 spiro atoms. The Morgan fingerprint density at radius 2 is 1.89 bits per heavy atom. The third-order valence-corrected chi connectivity index (χ3v) is 5.51. The summed E-state index contributed by atoms with van der Waals surface area (Å²) in [6.45, 7) is 1.84. The van der Waals surface area contributed by atoms with E-state index in [0.717, 1.165) is 16.7 Å². The summed E-state index contributed by atoms with van der Waals surface area (Å²) in [7, 11) is 0. The summed E-state index contributed by atoms with van der Waals surface area (Å²) in [5.41, 5.74) is 9.17. The molecule has 3 N–H and O–H groups in total. The maximum Gasteiger partial charge on any atom is 0.253 e. The van der Waals surface area contributed by atoms with Gasteiger partial charge >= 0.3 is 0 Å². The van der Waals surface area contributed by atoms with Gasteiger partial charge in [0.25, 0.3) is 5.91 Å². The van der Waals surface area contributed by atoms with Crippen molar-refractivity contribution < 1.29 is 9.90 Å². The first kappa shape index (κ1) is 17.4. The molecule has 0 saturated carbocycles. The van der Waals surface area contributed by atoms with E-state index < -0.39 is 0 Å². The van der Waals surface area contributed by atoms with E-state index in [0.29, 0.717) is 16.7 Å². The molecule has 7 heteroatoms. The molecule has 2 aromatic carbocycles. The van der Waals surface area contributed by atoms with Gasteiger partial charge in [0.2, 0.25) is 0 Å². The Balaban J connectivity index is 1.77. The topological polar surface area (TPSA) is 93.5 Å². The van der Waals surface area contributed by atoms with Gasteiger partial charge in [0, 0.05) is 11.1 Å². The van der Waals surface area contributed by atoms with Gasteiger partial charge in [-0.1, -0.05) is 60.3 Å². The van der Waals surface area contributed by atoms with Gasteiger partial charge in [0.05, 0.1) is 17.4 Å². The van der Waals surface area contributed by atoms with E-state index >= 15 is 0 Å². The van der Waals surface area contributed by atoms with Crippen LogP contribution in [0.25, 0.3) is 0 Å². The fraction of sp³-hybridized carbons (Fsp3) is 0.150. The van der Waals surface area contributed by atoms with Crippen molar-refractivity contribution in [3.8, 4) is 5.75 Å². The van der Waals surface area contributed by atoms with Gasteiger partial charge in [0.15, 0.2) is 11.0 Å². The van der Waals surface area contributed by atoms with Gasteiger partial charge in [0.1, 0.15) is 5.75 Å². The van der Waals surface area contributed by atoms with Crippen LogP contribution in [0.3, 0.4) is 0 Å². The van der Waals surface area contributed by atoms with Crippen molar-refractivity contribution in [3.05, 3.63) is 77.0 Å². The van der Waals surface area contributed by atoms with E-state index in [1.807, 2.05) is 49.4 Å². The second-order valence-electron chi connectivity index (χ2n) is 6.30. The Hall–Kier alpha value is -3.06. The van der Waals surface area contributed by atoms with E-state index in [9.17, 15) is 9.90 Å². The van der Waals surface area contributed by atoms with Gasteiger partial charge < -0.3 is 10.8 Å². The molecule has 136 valence electrons. The van der Waals surface area contributed by atoms with Crippen molar-refractivity contribution in [2.45, 2.75) is 18.6 Å². The number of hydrogen-bond donors (Lipinski definition) is 2. The smallest absolute Gasteiger partial charge is 0.253 e. The number of carbonyl (C=O) groups excluding carboxylic acids is 1. The minimum absolute atomic E-state index is 0.176. The molecule has 3 aromatic rings. The first-order valence-corrected chi connectivity index (χ1v) is 9.38. The van der Waals surface area contributed by atoms with Crippen molar-refractivity contribution in [1.82, 2.24) is 9.78 Å². The molecule has 0 radical (unpaired) electrons. The van der Waals surface area contributed by atoms with E-state index in [1.165, 1.54) is 16.4 Å². The second kappa shape index (κ2) is 6.92. The third kappa shape index (κ3) is 3.21. The first-order valence-electron chi connectivity index (χ1n) is 8.50. The van der Waals surface area contributed by atoms with Crippen LogP contribution in [0.2, 0.25) is 0 Å². The molecule has 6 nitrogen and oxygen atoms in total. The second-order valence-corrected chi connectivity index (χ2v) is 7.42. The van der Waals surface area contributed by atoms with Crippen LogP contribution >= 0.6 is 11.8 Å². The van der Waals surface area contributed by atoms with E-state index in [-0.39, 0.29) is 23.3 Å². The average Bonchev–Trinajstić information content (AvgIpc) is 2.99. The lowest BCUT2D eigenvalue weighted by molar-refractivity contribution is 0.0900. The van der Waals surface area contributed by atoms with Crippen LogP contribution in [0, 0.1) is 6.92 Å². The number of rotatable bonds is 3. The number of para-hydroxylation sites is 1. The Labute approximate surface area is 160 Å². The van der Waals surface area contributed by atoms with Crippen molar-refractivity contribution in [1.29, 1.82) is 0 Å². The number of benzene rings is 2. The number of nitrogens with two attached hydrogens (primary N) is 1. The van der Waals surface area contributed by atoms with Crippen molar-refractivity contribution in [2.24, 2.45) is 10.7 Å². The number of amidine groups is 1. The highest BCUT2D eigenvalue weighted by atomic mass is 32.2. The first-order chi connectivity index (χ1) is 13.0. The molecule has 4 rings (SSSR count). The predicted octanol–water partition coefficient (Wildman–Crippen LogP) is 3.56. The minimum atomic E-state index is -0.267. The number of thioether (sulfide) groups is 1. The highest BCUT2D eigenvalue weighted by molar-refractivity contribution is 8.14. The van der Waals surface area contributed by atoms with Crippen molar-refractivity contribution in [2.75, 3.05) is 0 Å². The minimum Gasteiger partial charge on any atom is -0.508 e. The van der Waals surface area contributed by atoms with E-state index in [4.69, 9.17) is 5.73 Å². The summed E-state index contributed by atoms with van der Waals surface area (Å²) in [4.78, 5) is 17.2. The molecule has 0 saturated heterocycles. The zero-order valence-corrected chi connectivity index (χ0v) is 15.5. The number of carbonyl (C=O) groups is 1.